The summed E-state index contributed by atoms with van der Waals surface area (Å²) in [6.07, 6.45) is 0. The normalized spacial score (nSPS) is 12.6. The molecule has 1 unspecified atom stereocenters. The van der Waals surface area contributed by atoms with Crippen LogP contribution in [0.4, 0.5) is 11.4 Å². The second kappa shape index (κ2) is 5.35. The van der Waals surface area contributed by atoms with Crippen molar-refractivity contribution in [2.45, 2.75) is 26.7 Å². The van der Waals surface area contributed by atoms with Gasteiger partial charge in [-0.05, 0) is 53.8 Å². The van der Waals surface area contributed by atoms with Crippen LogP contribution in [-0.4, -0.2) is 0 Å². The summed E-state index contributed by atoms with van der Waals surface area (Å²) in [5.41, 5.74) is 17.1. The first-order valence-corrected chi connectivity index (χ1v) is 6.70. The van der Waals surface area contributed by atoms with Crippen LogP contribution in [0.2, 0.25) is 0 Å². The number of aryl methyl sites for hydroxylation is 1. The van der Waals surface area contributed by atoms with Crippen LogP contribution in [0.3, 0.4) is 0 Å². The van der Waals surface area contributed by atoms with E-state index in [4.69, 9.17) is 11.5 Å². The number of nitrogens with two attached hydrogens (primary N) is 2. The van der Waals surface area contributed by atoms with E-state index in [1.165, 1.54) is 16.7 Å². The van der Waals surface area contributed by atoms with Crippen molar-refractivity contribution in [1.82, 2.24) is 0 Å². The van der Waals surface area contributed by atoms with Gasteiger partial charge in [-0.3, -0.25) is 0 Å². The molecule has 0 aromatic heterocycles. The number of benzene rings is 2. The van der Waals surface area contributed by atoms with Crippen LogP contribution in [0.25, 0.3) is 0 Å². The fourth-order valence-corrected chi connectivity index (χ4v) is 2.67. The number of nitrogen functional groups attached to an aromatic ring is 2. The van der Waals surface area contributed by atoms with Crippen molar-refractivity contribution in [3.05, 3.63) is 59.2 Å². The maximum absolute atomic E-state index is 5.85. The van der Waals surface area contributed by atoms with Crippen molar-refractivity contribution in [2.75, 3.05) is 11.5 Å². The smallest absolute Gasteiger partial charge is 0.0316 e. The zero-order valence-electron chi connectivity index (χ0n) is 11.9. The van der Waals surface area contributed by atoms with Crippen molar-refractivity contribution < 1.29 is 0 Å². The van der Waals surface area contributed by atoms with E-state index in [-0.39, 0.29) is 0 Å². The number of anilines is 2. The van der Waals surface area contributed by atoms with Gasteiger partial charge in [0.05, 0.1) is 0 Å². The van der Waals surface area contributed by atoms with Gasteiger partial charge in [0, 0.05) is 17.3 Å². The summed E-state index contributed by atoms with van der Waals surface area (Å²) in [6.45, 7) is 6.62. The number of hydrogen-bond acceptors (Lipinski definition) is 2. The molecule has 0 bridgehead atoms. The Balaban J connectivity index is 2.48. The molecular weight excluding hydrogens is 232 g/mol. The molecule has 19 heavy (non-hydrogen) atoms. The molecule has 1 atom stereocenters. The lowest BCUT2D eigenvalue weighted by atomic mass is 9.80. The summed E-state index contributed by atoms with van der Waals surface area (Å²) in [7, 11) is 0. The highest BCUT2D eigenvalue weighted by molar-refractivity contribution is 5.49. The van der Waals surface area contributed by atoms with E-state index >= 15 is 0 Å². The standard InChI is InChI=1S/C17H22N2/c1-11(2)17(13-4-6-14(18)7-5-13)16-9-8-15(19)10-12(16)3/h4-11,17H,18-19H2,1-3H3. The average Bonchev–Trinajstić information content (AvgIpc) is 2.34. The van der Waals surface area contributed by atoms with Crippen molar-refractivity contribution in [3.8, 4) is 0 Å². The van der Waals surface area contributed by atoms with Gasteiger partial charge in [-0.15, -0.1) is 0 Å². The van der Waals surface area contributed by atoms with Crippen molar-refractivity contribution in [1.29, 1.82) is 0 Å². The van der Waals surface area contributed by atoms with E-state index < -0.39 is 0 Å². The Bertz CT molecular complexity index is 556. The zero-order chi connectivity index (χ0) is 14.0. The topological polar surface area (TPSA) is 52.0 Å². The Morgan fingerprint density at radius 2 is 1.42 bits per heavy atom. The molecule has 2 nitrogen and oxygen atoms in total. The largest absolute Gasteiger partial charge is 0.399 e. The van der Waals surface area contributed by atoms with Gasteiger partial charge in [0.25, 0.3) is 0 Å². The molecule has 2 aromatic carbocycles. The van der Waals surface area contributed by atoms with Crippen LogP contribution in [-0.2, 0) is 0 Å². The Kier molecular flexibility index (Phi) is 3.79. The summed E-state index contributed by atoms with van der Waals surface area (Å²) in [6, 6.07) is 14.4. The molecule has 4 N–H and O–H groups in total. The van der Waals surface area contributed by atoms with E-state index in [2.05, 4.69) is 39.0 Å². The third-order valence-corrected chi connectivity index (χ3v) is 3.59. The summed E-state index contributed by atoms with van der Waals surface area (Å²) < 4.78 is 0. The van der Waals surface area contributed by atoms with Crippen molar-refractivity contribution in [3.63, 3.8) is 0 Å². The van der Waals surface area contributed by atoms with Crippen molar-refractivity contribution in [2.24, 2.45) is 5.92 Å². The monoisotopic (exact) mass is 254 g/mol. The van der Waals surface area contributed by atoms with Crippen LogP contribution in [0, 0.1) is 12.8 Å². The average molecular weight is 254 g/mol. The highest BCUT2D eigenvalue weighted by Gasteiger charge is 2.19. The number of rotatable bonds is 3. The minimum Gasteiger partial charge on any atom is -0.399 e. The molecule has 0 saturated heterocycles. The highest BCUT2D eigenvalue weighted by Crippen LogP contribution is 2.34. The lowest BCUT2D eigenvalue weighted by molar-refractivity contribution is 0.562. The van der Waals surface area contributed by atoms with Crippen LogP contribution in [0.15, 0.2) is 42.5 Å². The van der Waals surface area contributed by atoms with E-state index in [1.54, 1.807) is 0 Å². The summed E-state index contributed by atoms with van der Waals surface area (Å²) in [5, 5.41) is 0. The van der Waals surface area contributed by atoms with Crippen LogP contribution in [0.5, 0.6) is 0 Å². The molecule has 0 aliphatic rings. The molecule has 0 fully saturated rings. The molecule has 0 saturated carbocycles. The summed E-state index contributed by atoms with van der Waals surface area (Å²) >= 11 is 0. The fraction of sp³-hybridized carbons (Fsp3) is 0.294. The molecule has 2 rings (SSSR count). The van der Waals surface area contributed by atoms with Crippen LogP contribution < -0.4 is 11.5 Å². The summed E-state index contributed by atoms with van der Waals surface area (Å²) in [5.74, 6) is 0.896. The lowest BCUT2D eigenvalue weighted by Crippen LogP contribution is -2.10. The first-order valence-electron chi connectivity index (χ1n) is 6.70. The predicted octanol–water partition coefficient (Wildman–Crippen LogP) is 3.95. The molecular formula is C17H22N2. The maximum atomic E-state index is 5.85. The third kappa shape index (κ3) is 2.90. The number of hydrogen-bond donors (Lipinski definition) is 2. The molecule has 0 aliphatic carbocycles. The van der Waals surface area contributed by atoms with E-state index in [1.807, 2.05) is 24.3 Å². The molecule has 0 radical (unpaired) electrons. The Morgan fingerprint density at radius 1 is 0.842 bits per heavy atom. The van der Waals surface area contributed by atoms with Gasteiger partial charge in [0.2, 0.25) is 0 Å². The lowest BCUT2D eigenvalue weighted by Gasteiger charge is -2.24. The van der Waals surface area contributed by atoms with Gasteiger partial charge < -0.3 is 11.5 Å². The van der Waals surface area contributed by atoms with Gasteiger partial charge in [0.15, 0.2) is 0 Å². The van der Waals surface area contributed by atoms with Gasteiger partial charge in [-0.2, -0.15) is 0 Å². The van der Waals surface area contributed by atoms with Crippen LogP contribution >= 0.6 is 0 Å². The molecule has 0 aliphatic heterocycles. The first-order chi connectivity index (χ1) is 8.99. The molecule has 0 spiro atoms. The van der Waals surface area contributed by atoms with Crippen molar-refractivity contribution >= 4 is 11.4 Å². The predicted molar refractivity (Wildman–Crippen MR) is 83.1 cm³/mol. The quantitative estimate of drug-likeness (QED) is 0.815. The molecule has 2 heteroatoms. The van der Waals surface area contributed by atoms with Gasteiger partial charge in [-0.25, -0.2) is 0 Å². The Labute approximate surface area is 115 Å². The van der Waals surface area contributed by atoms with E-state index in [0.29, 0.717) is 11.8 Å². The van der Waals surface area contributed by atoms with Gasteiger partial charge >= 0.3 is 0 Å². The minimum absolute atomic E-state index is 0.376. The maximum Gasteiger partial charge on any atom is 0.0316 e. The first kappa shape index (κ1) is 13.5. The van der Waals surface area contributed by atoms with Gasteiger partial charge in [0.1, 0.15) is 0 Å². The summed E-state index contributed by atoms with van der Waals surface area (Å²) in [4.78, 5) is 0. The second-order valence-corrected chi connectivity index (χ2v) is 5.50. The van der Waals surface area contributed by atoms with E-state index in [0.717, 1.165) is 11.4 Å². The second-order valence-electron chi connectivity index (χ2n) is 5.50. The SMILES string of the molecule is Cc1cc(N)ccc1C(c1ccc(N)cc1)C(C)C. The molecule has 2 aromatic rings. The molecule has 0 amide bonds. The molecule has 100 valence electrons. The zero-order valence-corrected chi connectivity index (χ0v) is 11.9. The molecule has 0 heterocycles. The highest BCUT2D eigenvalue weighted by atomic mass is 14.5. The third-order valence-electron chi connectivity index (χ3n) is 3.59. The van der Waals surface area contributed by atoms with E-state index in [9.17, 15) is 0 Å². The Hall–Kier alpha value is -1.96. The fourth-order valence-electron chi connectivity index (χ4n) is 2.67. The Morgan fingerprint density at radius 3 is 1.95 bits per heavy atom. The van der Waals surface area contributed by atoms with Gasteiger partial charge in [-0.1, -0.05) is 32.0 Å². The minimum atomic E-state index is 0.376. The van der Waals surface area contributed by atoms with Crippen LogP contribution in [0.1, 0.15) is 36.5 Å².